The van der Waals surface area contributed by atoms with Crippen molar-refractivity contribution in [3.05, 3.63) is 43.8 Å². The molecule has 0 saturated heterocycles. The van der Waals surface area contributed by atoms with Crippen molar-refractivity contribution in [1.29, 1.82) is 0 Å². The minimum Gasteiger partial charge on any atom is -0.492 e. The van der Waals surface area contributed by atoms with E-state index in [0.29, 0.717) is 16.7 Å². The molecule has 1 aliphatic rings. The van der Waals surface area contributed by atoms with Crippen molar-refractivity contribution in [3.8, 4) is 5.75 Å². The summed E-state index contributed by atoms with van der Waals surface area (Å²) in [4.78, 5) is 5.49. The van der Waals surface area contributed by atoms with Crippen molar-refractivity contribution in [1.82, 2.24) is 10.3 Å². The van der Waals surface area contributed by atoms with E-state index in [1.54, 1.807) is 17.4 Å². The van der Waals surface area contributed by atoms with Gasteiger partial charge in [0.25, 0.3) is 0 Å². The fraction of sp³-hybridized carbons (Fsp3) is 0.357. The fourth-order valence-corrected chi connectivity index (χ4v) is 3.66. The highest BCUT2D eigenvalue weighted by molar-refractivity contribution is 7.11. The third-order valence-electron chi connectivity index (χ3n) is 3.26. The maximum absolute atomic E-state index is 6.19. The monoisotopic (exact) mass is 328 g/mol. The number of hydrogen-bond donors (Lipinski definition) is 1. The van der Waals surface area contributed by atoms with E-state index in [1.165, 1.54) is 4.88 Å². The Labute approximate surface area is 131 Å². The molecule has 0 amide bonds. The highest BCUT2D eigenvalue weighted by Crippen LogP contribution is 2.40. The summed E-state index contributed by atoms with van der Waals surface area (Å²) in [5, 5.41) is 5.83. The second-order valence-corrected chi connectivity index (χ2v) is 6.89. The molecule has 1 aromatic heterocycles. The number of hydrogen-bond acceptors (Lipinski definition) is 4. The Bertz CT molecular complexity index is 630. The smallest absolute Gasteiger partial charge is 0.142 e. The maximum Gasteiger partial charge on any atom is 0.142 e. The number of ether oxygens (including phenoxy) is 1. The molecule has 0 aliphatic carbocycles. The number of fused-ring (bicyclic) bond motifs is 1. The number of nitrogens with zero attached hydrogens (tertiary/aromatic N) is 1. The van der Waals surface area contributed by atoms with Gasteiger partial charge in [0.2, 0.25) is 0 Å². The zero-order valence-corrected chi connectivity index (χ0v) is 13.3. The average Bonchev–Trinajstić information content (AvgIpc) is 2.82. The zero-order chi connectivity index (χ0) is 14.1. The molecule has 6 heteroatoms. The van der Waals surface area contributed by atoms with Crippen LogP contribution in [0.4, 0.5) is 0 Å². The van der Waals surface area contributed by atoms with Gasteiger partial charge in [-0.1, -0.05) is 23.2 Å². The molecule has 106 valence electrons. The van der Waals surface area contributed by atoms with Gasteiger partial charge in [-0.05, 0) is 19.1 Å². The van der Waals surface area contributed by atoms with E-state index in [1.807, 2.05) is 19.2 Å². The van der Waals surface area contributed by atoms with Crippen LogP contribution in [0.5, 0.6) is 5.75 Å². The van der Waals surface area contributed by atoms with E-state index in [2.05, 4.69) is 10.3 Å². The van der Waals surface area contributed by atoms with Gasteiger partial charge in [0, 0.05) is 40.7 Å². The van der Waals surface area contributed by atoms with Crippen LogP contribution in [0.15, 0.2) is 18.3 Å². The van der Waals surface area contributed by atoms with Crippen LogP contribution in [-0.4, -0.2) is 11.6 Å². The van der Waals surface area contributed by atoms with Crippen molar-refractivity contribution < 1.29 is 4.74 Å². The molecule has 1 N–H and O–H groups in total. The molecule has 1 atom stereocenters. The Balaban J connectivity index is 1.79. The third kappa shape index (κ3) is 2.93. The van der Waals surface area contributed by atoms with Crippen molar-refractivity contribution in [2.24, 2.45) is 0 Å². The molecule has 0 radical (unpaired) electrons. The average molecular weight is 329 g/mol. The standard InChI is InChI=1S/C14H14Cl2N2OS/c1-8-17-6-10(20-8)7-18-13-2-3-19-14-11(13)4-9(15)5-12(14)16/h4-6,13,18H,2-3,7H2,1H3. The molecular weight excluding hydrogens is 315 g/mol. The first-order valence-corrected chi connectivity index (χ1v) is 7.97. The number of thiazole rings is 1. The van der Waals surface area contributed by atoms with Gasteiger partial charge >= 0.3 is 0 Å². The summed E-state index contributed by atoms with van der Waals surface area (Å²) in [6.07, 6.45) is 2.82. The summed E-state index contributed by atoms with van der Waals surface area (Å²) in [6.45, 7) is 3.46. The van der Waals surface area contributed by atoms with E-state index >= 15 is 0 Å². The number of halogens is 2. The van der Waals surface area contributed by atoms with Crippen molar-refractivity contribution >= 4 is 34.5 Å². The minimum absolute atomic E-state index is 0.206. The van der Waals surface area contributed by atoms with Gasteiger partial charge in [0.1, 0.15) is 5.75 Å². The highest BCUT2D eigenvalue weighted by atomic mass is 35.5. The lowest BCUT2D eigenvalue weighted by Crippen LogP contribution is -2.26. The first kappa shape index (κ1) is 14.1. The second-order valence-electron chi connectivity index (χ2n) is 4.72. The number of rotatable bonds is 3. The van der Waals surface area contributed by atoms with E-state index in [-0.39, 0.29) is 6.04 Å². The summed E-state index contributed by atoms with van der Waals surface area (Å²) >= 11 is 14.0. The van der Waals surface area contributed by atoms with Gasteiger partial charge in [-0.15, -0.1) is 11.3 Å². The third-order valence-corrected chi connectivity index (χ3v) is 4.67. The molecule has 1 aliphatic heterocycles. The maximum atomic E-state index is 6.19. The Morgan fingerprint density at radius 3 is 3.05 bits per heavy atom. The fourth-order valence-electron chi connectivity index (χ4n) is 2.35. The van der Waals surface area contributed by atoms with E-state index in [0.717, 1.165) is 29.3 Å². The Morgan fingerprint density at radius 1 is 1.45 bits per heavy atom. The van der Waals surface area contributed by atoms with E-state index < -0.39 is 0 Å². The number of nitrogens with one attached hydrogen (secondary N) is 1. The van der Waals surface area contributed by atoms with Crippen molar-refractivity contribution in [2.75, 3.05) is 6.61 Å². The topological polar surface area (TPSA) is 34.2 Å². The molecule has 0 saturated carbocycles. The summed E-state index contributed by atoms with van der Waals surface area (Å²) in [5.41, 5.74) is 1.04. The Morgan fingerprint density at radius 2 is 2.30 bits per heavy atom. The van der Waals surface area contributed by atoms with Gasteiger partial charge in [0.15, 0.2) is 0 Å². The molecule has 0 fully saturated rings. The molecule has 1 aromatic carbocycles. The first-order valence-electron chi connectivity index (χ1n) is 6.40. The molecule has 2 aromatic rings. The summed E-state index contributed by atoms with van der Waals surface area (Å²) in [5.74, 6) is 0.750. The first-order chi connectivity index (χ1) is 9.63. The zero-order valence-electron chi connectivity index (χ0n) is 11.0. The van der Waals surface area contributed by atoms with Crippen LogP contribution in [0.2, 0.25) is 10.0 Å². The molecule has 0 bridgehead atoms. The molecule has 3 rings (SSSR count). The van der Waals surface area contributed by atoms with Crippen molar-refractivity contribution in [2.45, 2.75) is 25.9 Å². The van der Waals surface area contributed by atoms with Crippen LogP contribution < -0.4 is 10.1 Å². The minimum atomic E-state index is 0.206. The van der Waals surface area contributed by atoms with Gasteiger partial charge in [-0.3, -0.25) is 0 Å². The molecule has 1 unspecified atom stereocenters. The number of benzene rings is 1. The molecular formula is C14H14Cl2N2OS. The largest absolute Gasteiger partial charge is 0.492 e. The lowest BCUT2D eigenvalue weighted by Gasteiger charge is -2.27. The van der Waals surface area contributed by atoms with Gasteiger partial charge in [0.05, 0.1) is 16.6 Å². The van der Waals surface area contributed by atoms with Crippen LogP contribution in [0.3, 0.4) is 0 Å². The van der Waals surface area contributed by atoms with Crippen LogP contribution >= 0.6 is 34.5 Å². The van der Waals surface area contributed by atoms with Gasteiger partial charge in [-0.2, -0.15) is 0 Å². The Hall–Kier alpha value is -0.810. The molecule has 3 nitrogen and oxygen atoms in total. The van der Waals surface area contributed by atoms with E-state index in [4.69, 9.17) is 27.9 Å². The number of aromatic nitrogens is 1. The SMILES string of the molecule is Cc1ncc(CNC2CCOc3c(Cl)cc(Cl)cc32)s1. The predicted octanol–water partition coefficient (Wildman–Crippen LogP) is 4.37. The summed E-state index contributed by atoms with van der Waals surface area (Å²) in [7, 11) is 0. The van der Waals surface area contributed by atoms with Crippen LogP contribution in [0.1, 0.15) is 27.9 Å². The van der Waals surface area contributed by atoms with E-state index in [9.17, 15) is 0 Å². The molecule has 0 spiro atoms. The number of aryl methyl sites for hydroxylation is 1. The molecule has 2 heterocycles. The van der Waals surface area contributed by atoms with Crippen molar-refractivity contribution in [3.63, 3.8) is 0 Å². The molecule has 20 heavy (non-hydrogen) atoms. The van der Waals surface area contributed by atoms with Crippen LogP contribution in [0.25, 0.3) is 0 Å². The lowest BCUT2D eigenvalue weighted by atomic mass is 10.0. The normalized spacial score (nSPS) is 17.6. The predicted molar refractivity (Wildman–Crippen MR) is 83.0 cm³/mol. The van der Waals surface area contributed by atoms with Crippen LogP contribution in [0, 0.1) is 6.92 Å². The second kappa shape index (κ2) is 5.90. The van der Waals surface area contributed by atoms with Gasteiger partial charge in [-0.25, -0.2) is 4.98 Å². The quantitative estimate of drug-likeness (QED) is 0.908. The Kier molecular flexibility index (Phi) is 4.17. The highest BCUT2D eigenvalue weighted by Gasteiger charge is 2.24. The van der Waals surface area contributed by atoms with Crippen LogP contribution in [-0.2, 0) is 6.54 Å². The van der Waals surface area contributed by atoms with Gasteiger partial charge < -0.3 is 10.1 Å². The summed E-state index contributed by atoms with van der Waals surface area (Å²) in [6, 6.07) is 3.85. The lowest BCUT2D eigenvalue weighted by molar-refractivity contribution is 0.252. The summed E-state index contributed by atoms with van der Waals surface area (Å²) < 4.78 is 5.66.